The van der Waals surface area contributed by atoms with Crippen LogP contribution >= 0.6 is 24.2 Å². The van der Waals surface area contributed by atoms with E-state index < -0.39 is 0 Å². The van der Waals surface area contributed by atoms with Crippen LogP contribution in [-0.2, 0) is 6.54 Å². The van der Waals surface area contributed by atoms with E-state index in [0.717, 1.165) is 29.8 Å². The van der Waals surface area contributed by atoms with Gasteiger partial charge in [0.25, 0.3) is 5.91 Å². The van der Waals surface area contributed by atoms with Gasteiger partial charge in [-0.15, -0.1) is 24.2 Å². The Morgan fingerprint density at radius 2 is 1.52 bits per heavy atom. The van der Waals surface area contributed by atoms with Gasteiger partial charge in [-0.25, -0.2) is 0 Å². The lowest BCUT2D eigenvalue weighted by Crippen LogP contribution is -2.31. The van der Waals surface area contributed by atoms with E-state index in [4.69, 9.17) is 0 Å². The largest absolute Gasteiger partial charge is 0.334 e. The number of carbonyl (C=O) groups excluding carboxylic acids is 1. The van der Waals surface area contributed by atoms with Crippen LogP contribution in [0.15, 0.2) is 90.1 Å². The van der Waals surface area contributed by atoms with Gasteiger partial charge in [0, 0.05) is 35.9 Å². The summed E-state index contributed by atoms with van der Waals surface area (Å²) < 4.78 is 0. The van der Waals surface area contributed by atoms with Crippen molar-refractivity contribution in [2.24, 2.45) is 0 Å². The Morgan fingerprint density at radius 1 is 0.889 bits per heavy atom. The number of hydrogen-bond acceptors (Lipinski definition) is 3. The van der Waals surface area contributed by atoms with Crippen LogP contribution in [0.5, 0.6) is 0 Å². The fourth-order valence-corrected chi connectivity index (χ4v) is 3.52. The molecule has 5 heteroatoms. The summed E-state index contributed by atoms with van der Waals surface area (Å²) in [4.78, 5) is 20.1. The summed E-state index contributed by atoms with van der Waals surface area (Å²) in [6.07, 6.45) is 4.56. The van der Waals surface area contributed by atoms with Crippen LogP contribution in [0.4, 0.5) is 0 Å². The maximum Gasteiger partial charge on any atom is 0.254 e. The van der Waals surface area contributed by atoms with Gasteiger partial charge in [0.2, 0.25) is 0 Å². The van der Waals surface area contributed by atoms with E-state index >= 15 is 0 Å². The summed E-state index contributed by atoms with van der Waals surface area (Å²) >= 11 is 1.80. The molecule has 2 aromatic carbocycles. The molecule has 0 bridgehead atoms. The molecule has 0 spiro atoms. The van der Waals surface area contributed by atoms with Crippen molar-refractivity contribution in [1.29, 1.82) is 0 Å². The molecule has 0 unspecified atom stereocenters. The van der Waals surface area contributed by atoms with Gasteiger partial charge in [0.15, 0.2) is 0 Å². The first-order valence-corrected chi connectivity index (χ1v) is 9.72. The monoisotopic (exact) mass is 398 g/mol. The second kappa shape index (κ2) is 11.4. The molecule has 3 rings (SSSR count). The quantitative estimate of drug-likeness (QED) is 0.380. The van der Waals surface area contributed by atoms with Crippen LogP contribution in [0, 0.1) is 0 Å². The molecular weight excluding hydrogens is 376 g/mol. The van der Waals surface area contributed by atoms with Crippen LogP contribution < -0.4 is 0 Å². The van der Waals surface area contributed by atoms with Gasteiger partial charge in [-0.05, 0) is 42.0 Å². The number of aromatic nitrogens is 1. The van der Waals surface area contributed by atoms with Crippen molar-refractivity contribution in [3.8, 4) is 0 Å². The third-order valence-electron chi connectivity index (χ3n) is 4.02. The van der Waals surface area contributed by atoms with Crippen LogP contribution in [0.25, 0.3) is 0 Å². The summed E-state index contributed by atoms with van der Waals surface area (Å²) in [6, 6.07) is 23.7. The fraction of sp³-hybridized carbons (Fsp3) is 0.182. The Balaban J connectivity index is 0.00000261. The number of hydrogen-bond donors (Lipinski definition) is 0. The van der Waals surface area contributed by atoms with Crippen molar-refractivity contribution in [2.45, 2.75) is 17.9 Å². The summed E-state index contributed by atoms with van der Waals surface area (Å²) in [7, 11) is 0. The van der Waals surface area contributed by atoms with E-state index in [2.05, 4.69) is 17.1 Å². The molecule has 0 aliphatic heterocycles. The molecule has 0 saturated carbocycles. The van der Waals surface area contributed by atoms with Crippen LogP contribution in [-0.4, -0.2) is 28.1 Å². The molecule has 3 aromatic rings. The molecule has 0 N–H and O–H groups in total. The van der Waals surface area contributed by atoms with Gasteiger partial charge in [0.05, 0.1) is 0 Å². The Bertz CT molecular complexity index is 800. The molecule has 0 aliphatic rings. The van der Waals surface area contributed by atoms with Gasteiger partial charge in [-0.1, -0.05) is 48.5 Å². The van der Waals surface area contributed by atoms with Crippen molar-refractivity contribution in [3.05, 3.63) is 96.3 Å². The Kier molecular flexibility index (Phi) is 8.89. The van der Waals surface area contributed by atoms with Crippen LogP contribution in [0.2, 0.25) is 0 Å². The maximum atomic E-state index is 12.9. The maximum absolute atomic E-state index is 12.9. The molecule has 0 aliphatic carbocycles. The zero-order chi connectivity index (χ0) is 18.0. The smallest absolute Gasteiger partial charge is 0.254 e. The number of rotatable bonds is 8. The average Bonchev–Trinajstić information content (AvgIpc) is 2.72. The van der Waals surface area contributed by atoms with E-state index in [0.29, 0.717) is 6.54 Å². The minimum atomic E-state index is 0. The highest BCUT2D eigenvalue weighted by Gasteiger charge is 2.15. The highest BCUT2D eigenvalue weighted by Crippen LogP contribution is 2.18. The summed E-state index contributed by atoms with van der Waals surface area (Å²) in [6.45, 7) is 1.37. The van der Waals surface area contributed by atoms with Gasteiger partial charge >= 0.3 is 0 Å². The predicted octanol–water partition coefficient (Wildman–Crippen LogP) is 5.33. The zero-order valence-electron chi connectivity index (χ0n) is 15.0. The topological polar surface area (TPSA) is 33.2 Å². The predicted molar refractivity (Wildman–Crippen MR) is 114 cm³/mol. The van der Waals surface area contributed by atoms with Crippen molar-refractivity contribution < 1.29 is 4.79 Å². The third-order valence-corrected chi connectivity index (χ3v) is 5.11. The third kappa shape index (κ3) is 6.74. The van der Waals surface area contributed by atoms with Gasteiger partial charge in [-0.2, -0.15) is 0 Å². The first-order chi connectivity index (χ1) is 12.8. The number of benzene rings is 2. The fourth-order valence-electron chi connectivity index (χ4n) is 2.70. The standard InChI is InChI=1S/C22H22N2OS.ClH/c25-22(20-10-5-2-6-11-20)24(18-19-8-3-1-4-9-19)16-7-17-26-21-12-14-23-15-13-21;/h1-6,8-15H,7,16-18H2;1H. The zero-order valence-corrected chi connectivity index (χ0v) is 16.7. The first-order valence-electron chi connectivity index (χ1n) is 8.74. The summed E-state index contributed by atoms with van der Waals surface area (Å²) in [5.41, 5.74) is 1.89. The highest BCUT2D eigenvalue weighted by molar-refractivity contribution is 7.99. The summed E-state index contributed by atoms with van der Waals surface area (Å²) in [5, 5.41) is 0. The molecule has 0 saturated heterocycles. The molecule has 0 atom stereocenters. The van der Waals surface area contributed by atoms with E-state index in [1.807, 2.05) is 78.0 Å². The number of carbonyl (C=O) groups is 1. The van der Waals surface area contributed by atoms with E-state index in [1.54, 1.807) is 11.8 Å². The lowest BCUT2D eigenvalue weighted by Gasteiger charge is -2.23. The van der Waals surface area contributed by atoms with Crippen molar-refractivity contribution in [1.82, 2.24) is 9.88 Å². The van der Waals surface area contributed by atoms with Gasteiger partial charge in [0.1, 0.15) is 0 Å². The minimum Gasteiger partial charge on any atom is -0.334 e. The molecule has 27 heavy (non-hydrogen) atoms. The van der Waals surface area contributed by atoms with Gasteiger partial charge < -0.3 is 4.90 Å². The van der Waals surface area contributed by atoms with E-state index in [-0.39, 0.29) is 18.3 Å². The van der Waals surface area contributed by atoms with Crippen LogP contribution in [0.3, 0.4) is 0 Å². The number of amides is 1. The number of thioether (sulfide) groups is 1. The molecule has 1 aromatic heterocycles. The SMILES string of the molecule is Cl.O=C(c1ccccc1)N(CCCSc1ccncc1)Cc1ccccc1. The van der Waals surface area contributed by atoms with E-state index in [9.17, 15) is 4.79 Å². The van der Waals surface area contributed by atoms with Crippen molar-refractivity contribution in [3.63, 3.8) is 0 Å². The normalized spacial score (nSPS) is 10.1. The average molecular weight is 399 g/mol. The molecule has 3 nitrogen and oxygen atoms in total. The second-order valence-electron chi connectivity index (χ2n) is 5.96. The Morgan fingerprint density at radius 3 is 2.19 bits per heavy atom. The Hall–Kier alpha value is -2.30. The number of nitrogens with zero attached hydrogens (tertiary/aromatic N) is 2. The van der Waals surface area contributed by atoms with Crippen molar-refractivity contribution in [2.75, 3.05) is 12.3 Å². The summed E-state index contributed by atoms with van der Waals surface area (Å²) in [5.74, 6) is 1.06. The second-order valence-corrected chi connectivity index (χ2v) is 7.13. The molecule has 1 heterocycles. The minimum absolute atomic E-state index is 0. The molecule has 0 radical (unpaired) electrons. The molecule has 1 amide bonds. The Labute approximate surface area is 171 Å². The molecule has 0 fully saturated rings. The van der Waals surface area contributed by atoms with Crippen molar-refractivity contribution >= 4 is 30.1 Å². The van der Waals surface area contributed by atoms with Crippen LogP contribution in [0.1, 0.15) is 22.3 Å². The first kappa shape index (κ1) is 21.0. The van der Waals surface area contributed by atoms with Gasteiger partial charge in [-0.3, -0.25) is 9.78 Å². The van der Waals surface area contributed by atoms with E-state index in [1.165, 1.54) is 4.90 Å². The molecular formula is C22H23ClN2OS. The number of pyridine rings is 1. The highest BCUT2D eigenvalue weighted by atomic mass is 35.5. The molecule has 140 valence electrons. The lowest BCUT2D eigenvalue weighted by atomic mass is 10.1. The lowest BCUT2D eigenvalue weighted by molar-refractivity contribution is 0.0743. The number of halogens is 1.